The second kappa shape index (κ2) is 10.1. The summed E-state index contributed by atoms with van der Waals surface area (Å²) in [6, 6.07) is 8.30. The van der Waals surface area contributed by atoms with Gasteiger partial charge in [-0.2, -0.15) is 0 Å². The van der Waals surface area contributed by atoms with E-state index in [-0.39, 0.29) is 5.91 Å². The SMILES string of the molecule is CCN(CC)CCN(C)[C@H]1CCC(=O)N(Cc2ccc(Cl)cc2)CC1. The number of benzene rings is 1. The lowest BCUT2D eigenvalue weighted by molar-refractivity contribution is -0.131. The van der Waals surface area contributed by atoms with Crippen LogP contribution in [0.15, 0.2) is 24.3 Å². The molecule has 25 heavy (non-hydrogen) atoms. The Balaban J connectivity index is 1.86. The Morgan fingerprint density at radius 1 is 1.12 bits per heavy atom. The van der Waals surface area contributed by atoms with E-state index in [1.807, 2.05) is 29.2 Å². The van der Waals surface area contributed by atoms with Crippen LogP contribution in [0.4, 0.5) is 0 Å². The second-order valence-corrected chi connectivity index (χ2v) is 7.37. The van der Waals surface area contributed by atoms with E-state index in [9.17, 15) is 4.79 Å². The van der Waals surface area contributed by atoms with Crippen molar-refractivity contribution in [1.29, 1.82) is 0 Å². The molecular formula is C20H32ClN3O. The van der Waals surface area contributed by atoms with Crippen LogP contribution in [-0.2, 0) is 11.3 Å². The standard InChI is InChI=1S/C20H32ClN3O/c1-4-23(5-2)15-14-22(3)19-10-11-20(25)24(13-12-19)16-17-6-8-18(21)9-7-17/h6-9,19H,4-5,10-16H2,1-3H3/t19-/m0/s1. The minimum atomic E-state index is 0.273. The van der Waals surface area contributed by atoms with Crippen molar-refractivity contribution < 1.29 is 4.79 Å². The molecular weight excluding hydrogens is 334 g/mol. The molecule has 0 aromatic heterocycles. The van der Waals surface area contributed by atoms with Crippen molar-refractivity contribution in [3.05, 3.63) is 34.9 Å². The fourth-order valence-corrected chi connectivity index (χ4v) is 3.59. The van der Waals surface area contributed by atoms with Gasteiger partial charge in [-0.15, -0.1) is 0 Å². The van der Waals surface area contributed by atoms with Crippen molar-refractivity contribution >= 4 is 17.5 Å². The van der Waals surface area contributed by atoms with Crippen molar-refractivity contribution in [3.8, 4) is 0 Å². The Bertz CT molecular complexity index is 530. The fraction of sp³-hybridized carbons (Fsp3) is 0.650. The molecule has 2 rings (SSSR count). The molecule has 1 fully saturated rings. The van der Waals surface area contributed by atoms with Crippen molar-refractivity contribution in [3.63, 3.8) is 0 Å². The lowest BCUT2D eigenvalue weighted by atomic mass is 10.1. The minimum Gasteiger partial charge on any atom is -0.338 e. The van der Waals surface area contributed by atoms with Gasteiger partial charge in [0.25, 0.3) is 0 Å². The van der Waals surface area contributed by atoms with E-state index in [1.165, 1.54) is 0 Å². The molecule has 0 aliphatic carbocycles. The molecule has 1 aromatic carbocycles. The summed E-state index contributed by atoms with van der Waals surface area (Å²) < 4.78 is 0. The summed E-state index contributed by atoms with van der Waals surface area (Å²) in [5.41, 5.74) is 1.14. The third-order valence-corrected chi connectivity index (χ3v) is 5.60. The highest BCUT2D eigenvalue weighted by Gasteiger charge is 2.25. The normalized spacial score (nSPS) is 18.9. The zero-order chi connectivity index (χ0) is 18.2. The van der Waals surface area contributed by atoms with Gasteiger partial charge in [0, 0.05) is 43.7 Å². The number of rotatable bonds is 8. The van der Waals surface area contributed by atoms with Gasteiger partial charge in [-0.1, -0.05) is 37.6 Å². The molecule has 0 spiro atoms. The largest absolute Gasteiger partial charge is 0.338 e. The highest BCUT2D eigenvalue weighted by atomic mass is 35.5. The Morgan fingerprint density at radius 2 is 1.80 bits per heavy atom. The first kappa shape index (κ1) is 20.2. The zero-order valence-electron chi connectivity index (χ0n) is 15.9. The summed E-state index contributed by atoms with van der Waals surface area (Å²) in [7, 11) is 2.20. The first-order chi connectivity index (χ1) is 12.0. The number of nitrogens with zero attached hydrogens (tertiary/aromatic N) is 3. The molecule has 0 bridgehead atoms. The van der Waals surface area contributed by atoms with Crippen LogP contribution in [0.1, 0.15) is 38.7 Å². The lowest BCUT2D eigenvalue weighted by Gasteiger charge is -2.29. The van der Waals surface area contributed by atoms with Crippen molar-refractivity contribution in [2.24, 2.45) is 0 Å². The predicted octanol–water partition coefficient (Wildman–Crippen LogP) is 3.49. The number of carbonyl (C=O) groups excluding carboxylic acids is 1. The second-order valence-electron chi connectivity index (χ2n) is 6.93. The Kier molecular flexibility index (Phi) is 8.20. The molecule has 4 nitrogen and oxygen atoms in total. The molecule has 1 aliphatic heterocycles. The molecule has 1 aromatic rings. The number of likely N-dealkylation sites (tertiary alicyclic amines) is 1. The van der Waals surface area contributed by atoms with Gasteiger partial charge in [0.1, 0.15) is 0 Å². The molecule has 0 N–H and O–H groups in total. The van der Waals surface area contributed by atoms with Crippen LogP contribution in [0, 0.1) is 0 Å². The lowest BCUT2D eigenvalue weighted by Crippen LogP contribution is -2.39. The summed E-state index contributed by atoms with van der Waals surface area (Å²) in [6.45, 7) is 10.3. The maximum atomic E-state index is 12.5. The summed E-state index contributed by atoms with van der Waals surface area (Å²) in [4.78, 5) is 19.4. The Hall–Kier alpha value is -1.10. The predicted molar refractivity (Wildman–Crippen MR) is 105 cm³/mol. The number of hydrogen-bond donors (Lipinski definition) is 0. The maximum absolute atomic E-state index is 12.5. The van der Waals surface area contributed by atoms with E-state index < -0.39 is 0 Å². The first-order valence-corrected chi connectivity index (χ1v) is 9.86. The average molecular weight is 366 g/mol. The fourth-order valence-electron chi connectivity index (χ4n) is 3.46. The number of hydrogen-bond acceptors (Lipinski definition) is 3. The Morgan fingerprint density at radius 3 is 2.44 bits per heavy atom. The summed E-state index contributed by atoms with van der Waals surface area (Å²) in [5.74, 6) is 0.273. The molecule has 1 aliphatic rings. The molecule has 1 heterocycles. The van der Waals surface area contributed by atoms with Gasteiger partial charge in [0.05, 0.1) is 0 Å². The first-order valence-electron chi connectivity index (χ1n) is 9.48. The maximum Gasteiger partial charge on any atom is 0.222 e. The van der Waals surface area contributed by atoms with E-state index in [4.69, 9.17) is 11.6 Å². The monoisotopic (exact) mass is 365 g/mol. The van der Waals surface area contributed by atoms with Gasteiger partial charge in [0.15, 0.2) is 0 Å². The van der Waals surface area contributed by atoms with Gasteiger partial charge in [-0.05, 0) is 50.7 Å². The zero-order valence-corrected chi connectivity index (χ0v) is 16.6. The van der Waals surface area contributed by atoms with Crippen LogP contribution in [0.5, 0.6) is 0 Å². The highest BCUT2D eigenvalue weighted by molar-refractivity contribution is 6.30. The number of carbonyl (C=O) groups is 1. The summed E-state index contributed by atoms with van der Waals surface area (Å²) >= 11 is 5.95. The van der Waals surface area contributed by atoms with Crippen LogP contribution in [0.3, 0.4) is 0 Å². The van der Waals surface area contributed by atoms with Crippen molar-refractivity contribution in [2.75, 3.05) is 39.8 Å². The molecule has 1 atom stereocenters. The van der Waals surface area contributed by atoms with Gasteiger partial charge < -0.3 is 14.7 Å². The molecule has 0 unspecified atom stereocenters. The Labute approximate surface area is 157 Å². The number of amides is 1. The van der Waals surface area contributed by atoms with Gasteiger partial charge in [0.2, 0.25) is 5.91 Å². The quantitative estimate of drug-likeness (QED) is 0.705. The van der Waals surface area contributed by atoms with Crippen molar-refractivity contribution in [1.82, 2.24) is 14.7 Å². The molecule has 0 saturated carbocycles. The van der Waals surface area contributed by atoms with Gasteiger partial charge in [-0.25, -0.2) is 0 Å². The minimum absolute atomic E-state index is 0.273. The third kappa shape index (κ3) is 6.28. The van der Waals surface area contributed by atoms with E-state index >= 15 is 0 Å². The van der Waals surface area contributed by atoms with E-state index in [1.54, 1.807) is 0 Å². The topological polar surface area (TPSA) is 26.8 Å². The van der Waals surface area contributed by atoms with Crippen molar-refractivity contribution in [2.45, 2.75) is 45.7 Å². The van der Waals surface area contributed by atoms with E-state index in [0.717, 1.165) is 56.2 Å². The number of likely N-dealkylation sites (N-methyl/N-ethyl adjacent to an activating group) is 2. The van der Waals surface area contributed by atoms with Crippen LogP contribution < -0.4 is 0 Å². The molecule has 1 amide bonds. The van der Waals surface area contributed by atoms with Crippen LogP contribution in [0.25, 0.3) is 0 Å². The molecule has 0 radical (unpaired) electrons. The third-order valence-electron chi connectivity index (χ3n) is 5.35. The van der Waals surface area contributed by atoms with Crippen LogP contribution >= 0.6 is 11.6 Å². The highest BCUT2D eigenvalue weighted by Crippen LogP contribution is 2.19. The van der Waals surface area contributed by atoms with Crippen LogP contribution in [-0.4, -0.2) is 66.4 Å². The average Bonchev–Trinajstić information content (AvgIpc) is 2.80. The van der Waals surface area contributed by atoms with E-state index in [2.05, 4.69) is 30.7 Å². The van der Waals surface area contributed by atoms with Gasteiger partial charge >= 0.3 is 0 Å². The summed E-state index contributed by atoms with van der Waals surface area (Å²) in [6.07, 6.45) is 2.66. The molecule has 5 heteroatoms. The summed E-state index contributed by atoms with van der Waals surface area (Å²) in [5, 5.41) is 0.737. The van der Waals surface area contributed by atoms with E-state index in [0.29, 0.717) is 19.0 Å². The van der Waals surface area contributed by atoms with Crippen LogP contribution in [0.2, 0.25) is 5.02 Å². The molecule has 140 valence electrons. The molecule has 1 saturated heterocycles. The van der Waals surface area contributed by atoms with Gasteiger partial charge in [-0.3, -0.25) is 4.79 Å². The smallest absolute Gasteiger partial charge is 0.222 e. The number of halogens is 1.